The number of aromatic nitrogens is 5. The monoisotopic (exact) mass is 514 g/mol. The van der Waals surface area contributed by atoms with E-state index in [-0.39, 0.29) is 17.8 Å². The van der Waals surface area contributed by atoms with E-state index in [0.717, 1.165) is 6.42 Å². The SMILES string of the molecule is COc1cc(C(=O)N2CCCC2c2noc(-c3cccc(Cl)c3OC)n2)c(-n2nccn2)cc1Cl. The Balaban J connectivity index is 1.50. The number of carbonyl (C=O) groups excluding carboxylic acids is 1. The van der Waals surface area contributed by atoms with Crippen LogP contribution in [-0.4, -0.2) is 56.7 Å². The van der Waals surface area contributed by atoms with E-state index in [1.165, 1.54) is 31.4 Å². The molecule has 5 rings (SSSR count). The third kappa shape index (κ3) is 4.19. The van der Waals surface area contributed by atoms with Crippen molar-refractivity contribution >= 4 is 29.1 Å². The number of likely N-dealkylation sites (tertiary alicyclic amines) is 1. The Labute approximate surface area is 210 Å². The molecule has 1 saturated heterocycles. The summed E-state index contributed by atoms with van der Waals surface area (Å²) >= 11 is 12.6. The fraction of sp³-hybridized carbons (Fsp3) is 0.261. The number of hydrogen-bond donors (Lipinski definition) is 0. The molecule has 0 radical (unpaired) electrons. The van der Waals surface area contributed by atoms with Crippen LogP contribution in [-0.2, 0) is 0 Å². The van der Waals surface area contributed by atoms with Crippen LogP contribution in [0, 0.1) is 0 Å². The van der Waals surface area contributed by atoms with Crippen molar-refractivity contribution in [1.82, 2.24) is 30.0 Å². The zero-order valence-electron chi connectivity index (χ0n) is 18.8. The highest BCUT2D eigenvalue weighted by Gasteiger charge is 2.36. The lowest BCUT2D eigenvalue weighted by molar-refractivity contribution is 0.0727. The number of para-hydroxylation sites is 1. The van der Waals surface area contributed by atoms with E-state index in [0.29, 0.717) is 57.1 Å². The molecule has 3 heterocycles. The van der Waals surface area contributed by atoms with Crippen LogP contribution in [0.15, 0.2) is 47.2 Å². The van der Waals surface area contributed by atoms with Crippen LogP contribution in [0.25, 0.3) is 17.1 Å². The van der Waals surface area contributed by atoms with Gasteiger partial charge in [0.1, 0.15) is 17.2 Å². The van der Waals surface area contributed by atoms with Crippen molar-refractivity contribution in [2.75, 3.05) is 20.8 Å². The van der Waals surface area contributed by atoms with Gasteiger partial charge in [0, 0.05) is 6.54 Å². The van der Waals surface area contributed by atoms with Crippen molar-refractivity contribution in [3.8, 4) is 28.6 Å². The second kappa shape index (κ2) is 9.55. The molecule has 35 heavy (non-hydrogen) atoms. The molecule has 2 aromatic heterocycles. The van der Waals surface area contributed by atoms with Gasteiger partial charge in [0.2, 0.25) is 0 Å². The summed E-state index contributed by atoms with van der Waals surface area (Å²) in [6.07, 6.45) is 4.50. The van der Waals surface area contributed by atoms with Crippen LogP contribution >= 0.6 is 23.2 Å². The van der Waals surface area contributed by atoms with Crippen molar-refractivity contribution in [2.24, 2.45) is 0 Å². The van der Waals surface area contributed by atoms with Gasteiger partial charge < -0.3 is 18.9 Å². The highest BCUT2D eigenvalue weighted by Crippen LogP contribution is 2.38. The molecular weight excluding hydrogens is 495 g/mol. The first-order valence-electron chi connectivity index (χ1n) is 10.7. The van der Waals surface area contributed by atoms with Crippen molar-refractivity contribution in [1.29, 1.82) is 0 Å². The summed E-state index contributed by atoms with van der Waals surface area (Å²) in [5, 5.41) is 13.3. The molecule has 0 spiro atoms. The Morgan fingerprint density at radius 3 is 2.66 bits per heavy atom. The minimum absolute atomic E-state index is 0.249. The summed E-state index contributed by atoms with van der Waals surface area (Å²) in [7, 11) is 3.01. The van der Waals surface area contributed by atoms with E-state index in [9.17, 15) is 4.79 Å². The van der Waals surface area contributed by atoms with Gasteiger partial charge in [-0.2, -0.15) is 20.0 Å². The van der Waals surface area contributed by atoms with E-state index < -0.39 is 0 Å². The number of methoxy groups -OCH3 is 2. The Bertz CT molecular complexity index is 1370. The first-order valence-corrected chi connectivity index (χ1v) is 11.5. The number of rotatable bonds is 6. The molecule has 2 aromatic carbocycles. The quantitative estimate of drug-likeness (QED) is 0.366. The molecule has 1 unspecified atom stereocenters. The van der Waals surface area contributed by atoms with Gasteiger partial charge in [-0.1, -0.05) is 34.4 Å². The number of halogens is 2. The third-order valence-electron chi connectivity index (χ3n) is 5.79. The van der Waals surface area contributed by atoms with E-state index >= 15 is 0 Å². The molecule has 12 heteroatoms. The van der Waals surface area contributed by atoms with E-state index in [1.807, 2.05) is 0 Å². The maximum absolute atomic E-state index is 13.8. The highest BCUT2D eigenvalue weighted by molar-refractivity contribution is 6.32. The fourth-order valence-corrected chi connectivity index (χ4v) is 4.66. The maximum Gasteiger partial charge on any atom is 0.261 e. The van der Waals surface area contributed by atoms with Gasteiger partial charge in [0.25, 0.3) is 11.8 Å². The van der Waals surface area contributed by atoms with Crippen molar-refractivity contribution < 1.29 is 18.8 Å². The summed E-state index contributed by atoms with van der Waals surface area (Å²) < 4.78 is 16.3. The fourth-order valence-electron chi connectivity index (χ4n) is 4.17. The number of carbonyl (C=O) groups is 1. The zero-order valence-corrected chi connectivity index (χ0v) is 20.3. The van der Waals surface area contributed by atoms with Crippen molar-refractivity contribution in [3.63, 3.8) is 0 Å². The molecule has 0 bridgehead atoms. The van der Waals surface area contributed by atoms with Gasteiger partial charge >= 0.3 is 0 Å². The number of benzene rings is 2. The molecule has 0 saturated carbocycles. The summed E-state index contributed by atoms with van der Waals surface area (Å²) in [5.41, 5.74) is 1.35. The standard InChI is InChI=1S/C23H20Cl2N6O4/c1-33-19-11-14(18(12-16(19)25)31-26-8-9-27-31)23(32)30-10-4-7-17(30)21-28-22(35-29-21)13-5-3-6-15(24)20(13)34-2/h3,5-6,8-9,11-12,17H,4,7,10H2,1-2H3. The molecule has 1 aliphatic heterocycles. The molecule has 0 N–H and O–H groups in total. The van der Waals surface area contributed by atoms with Crippen LogP contribution in [0.3, 0.4) is 0 Å². The lowest BCUT2D eigenvalue weighted by atomic mass is 10.1. The van der Waals surface area contributed by atoms with E-state index in [1.54, 1.807) is 35.2 Å². The van der Waals surface area contributed by atoms with Gasteiger partial charge in [0.05, 0.1) is 53.8 Å². The van der Waals surface area contributed by atoms with Gasteiger partial charge in [-0.05, 0) is 37.1 Å². The lowest BCUT2D eigenvalue weighted by Crippen LogP contribution is -2.32. The first kappa shape index (κ1) is 23.1. The smallest absolute Gasteiger partial charge is 0.261 e. The first-order chi connectivity index (χ1) is 17.0. The van der Waals surface area contributed by atoms with Crippen molar-refractivity contribution in [2.45, 2.75) is 18.9 Å². The molecular formula is C23H20Cl2N6O4. The third-order valence-corrected chi connectivity index (χ3v) is 6.38. The minimum Gasteiger partial charge on any atom is -0.495 e. The number of amides is 1. The number of hydrogen-bond acceptors (Lipinski definition) is 8. The number of ether oxygens (including phenoxy) is 2. The van der Waals surface area contributed by atoms with Gasteiger partial charge in [-0.3, -0.25) is 4.79 Å². The Morgan fingerprint density at radius 2 is 1.91 bits per heavy atom. The zero-order chi connectivity index (χ0) is 24.5. The van der Waals surface area contributed by atoms with Crippen molar-refractivity contribution in [3.05, 3.63) is 64.2 Å². The average Bonchev–Trinajstić information content (AvgIpc) is 3.64. The van der Waals surface area contributed by atoms with Gasteiger partial charge in [-0.15, -0.1) is 0 Å². The van der Waals surface area contributed by atoms with Gasteiger partial charge in [-0.25, -0.2) is 0 Å². The molecule has 0 aliphatic carbocycles. The Hall–Kier alpha value is -3.63. The van der Waals surface area contributed by atoms with Gasteiger partial charge in [0.15, 0.2) is 5.82 Å². The van der Waals surface area contributed by atoms with Crippen LogP contribution in [0.5, 0.6) is 11.5 Å². The topological polar surface area (TPSA) is 108 Å². The van der Waals surface area contributed by atoms with Crippen LogP contribution in [0.2, 0.25) is 10.0 Å². The molecule has 180 valence electrons. The van der Waals surface area contributed by atoms with Crippen LogP contribution < -0.4 is 9.47 Å². The Kier molecular flexibility index (Phi) is 6.31. The predicted molar refractivity (Wildman–Crippen MR) is 127 cm³/mol. The van der Waals surface area contributed by atoms with Crippen LogP contribution in [0.1, 0.15) is 35.1 Å². The maximum atomic E-state index is 13.8. The summed E-state index contributed by atoms with van der Waals surface area (Å²) in [6.45, 7) is 0.519. The largest absolute Gasteiger partial charge is 0.495 e. The molecule has 4 aromatic rings. The Morgan fingerprint density at radius 1 is 1.11 bits per heavy atom. The summed E-state index contributed by atoms with van der Waals surface area (Å²) in [5.74, 6) is 1.21. The predicted octanol–water partition coefficient (Wildman–Crippen LogP) is 4.62. The average molecular weight is 515 g/mol. The second-order valence-corrected chi connectivity index (χ2v) is 8.57. The minimum atomic E-state index is -0.384. The number of nitrogens with zero attached hydrogens (tertiary/aromatic N) is 6. The molecule has 10 nitrogen and oxygen atoms in total. The molecule has 1 amide bonds. The normalized spacial score (nSPS) is 15.4. The second-order valence-electron chi connectivity index (χ2n) is 7.76. The van der Waals surface area contributed by atoms with E-state index in [2.05, 4.69) is 20.3 Å². The molecule has 1 atom stereocenters. The van der Waals surface area contributed by atoms with Crippen LogP contribution in [0.4, 0.5) is 0 Å². The highest BCUT2D eigenvalue weighted by atomic mass is 35.5. The summed E-state index contributed by atoms with van der Waals surface area (Å²) in [4.78, 5) is 21.4. The molecule has 1 fully saturated rings. The lowest BCUT2D eigenvalue weighted by Gasteiger charge is -2.23. The molecule has 1 aliphatic rings. The van der Waals surface area contributed by atoms with E-state index in [4.69, 9.17) is 37.2 Å². The summed E-state index contributed by atoms with van der Waals surface area (Å²) in [6, 6.07) is 8.08.